The van der Waals surface area contributed by atoms with E-state index in [1.807, 2.05) is 6.07 Å². The van der Waals surface area contributed by atoms with Crippen molar-refractivity contribution in [3.05, 3.63) is 64.5 Å². The first-order valence-corrected chi connectivity index (χ1v) is 6.03. The van der Waals surface area contributed by atoms with Gasteiger partial charge in [0.1, 0.15) is 17.0 Å². The van der Waals surface area contributed by atoms with Crippen molar-refractivity contribution in [1.29, 1.82) is 0 Å². The summed E-state index contributed by atoms with van der Waals surface area (Å²) in [6.45, 7) is 0.220. The summed E-state index contributed by atoms with van der Waals surface area (Å²) in [6, 6.07) is 8.57. The zero-order valence-corrected chi connectivity index (χ0v) is 10.4. The molecule has 2 aromatic heterocycles. The van der Waals surface area contributed by atoms with Crippen molar-refractivity contribution >= 4 is 16.9 Å². The smallest absolute Gasteiger partial charge is 0.349 e. The van der Waals surface area contributed by atoms with Crippen LogP contribution in [0.3, 0.4) is 0 Å². The van der Waals surface area contributed by atoms with E-state index in [-0.39, 0.29) is 12.1 Å². The molecule has 2 heterocycles. The number of benzene rings is 1. The van der Waals surface area contributed by atoms with Gasteiger partial charge in [0.05, 0.1) is 6.54 Å². The van der Waals surface area contributed by atoms with E-state index in [0.717, 1.165) is 0 Å². The van der Waals surface area contributed by atoms with Gasteiger partial charge in [-0.05, 0) is 12.1 Å². The standard InChI is InChI=1S/C14H11N3O3/c18-13(17-8-12-15-5-6-16-12)10-7-9-3-1-2-4-11(9)20-14(10)19/h1-7H,8H2,(H,15,16)(H,17,18). The minimum Gasteiger partial charge on any atom is -0.422 e. The van der Waals surface area contributed by atoms with Crippen LogP contribution in [0.1, 0.15) is 16.2 Å². The van der Waals surface area contributed by atoms with Crippen LogP contribution in [0.25, 0.3) is 11.0 Å². The molecule has 0 atom stereocenters. The number of imidazole rings is 1. The first-order valence-electron chi connectivity index (χ1n) is 6.03. The first-order chi connectivity index (χ1) is 9.74. The van der Waals surface area contributed by atoms with Crippen LogP contribution in [0, 0.1) is 0 Å². The Labute approximate surface area is 113 Å². The number of H-pyrrole nitrogens is 1. The molecule has 0 spiro atoms. The highest BCUT2D eigenvalue weighted by Gasteiger charge is 2.13. The van der Waals surface area contributed by atoms with Gasteiger partial charge in [0.2, 0.25) is 0 Å². The maximum Gasteiger partial charge on any atom is 0.349 e. The number of hydrogen-bond donors (Lipinski definition) is 2. The van der Waals surface area contributed by atoms with Crippen molar-refractivity contribution in [3.63, 3.8) is 0 Å². The average Bonchev–Trinajstić information content (AvgIpc) is 2.97. The predicted molar refractivity (Wildman–Crippen MR) is 72.2 cm³/mol. The minimum atomic E-state index is -0.652. The van der Waals surface area contributed by atoms with Gasteiger partial charge < -0.3 is 14.7 Å². The Kier molecular flexibility index (Phi) is 3.04. The molecule has 0 aliphatic rings. The van der Waals surface area contributed by atoms with E-state index in [1.54, 1.807) is 30.6 Å². The lowest BCUT2D eigenvalue weighted by Gasteiger charge is -2.03. The van der Waals surface area contributed by atoms with Crippen LogP contribution in [-0.2, 0) is 6.54 Å². The van der Waals surface area contributed by atoms with Gasteiger partial charge in [-0.3, -0.25) is 4.79 Å². The van der Waals surface area contributed by atoms with Gasteiger partial charge in [-0.15, -0.1) is 0 Å². The molecule has 0 aliphatic carbocycles. The second-order valence-corrected chi connectivity index (χ2v) is 4.20. The van der Waals surface area contributed by atoms with Gasteiger partial charge in [-0.2, -0.15) is 0 Å². The highest BCUT2D eigenvalue weighted by atomic mass is 16.4. The average molecular weight is 269 g/mol. The third-order valence-corrected chi connectivity index (χ3v) is 2.86. The first kappa shape index (κ1) is 12.2. The molecular weight excluding hydrogens is 258 g/mol. The zero-order chi connectivity index (χ0) is 13.9. The van der Waals surface area contributed by atoms with Crippen LogP contribution in [0.5, 0.6) is 0 Å². The van der Waals surface area contributed by atoms with Gasteiger partial charge in [-0.1, -0.05) is 18.2 Å². The molecule has 0 bridgehead atoms. The number of nitrogens with one attached hydrogen (secondary N) is 2. The normalized spacial score (nSPS) is 10.6. The molecule has 1 aromatic carbocycles. The van der Waals surface area contributed by atoms with E-state index in [0.29, 0.717) is 16.8 Å². The lowest BCUT2D eigenvalue weighted by Crippen LogP contribution is -2.28. The van der Waals surface area contributed by atoms with E-state index in [4.69, 9.17) is 4.42 Å². The monoisotopic (exact) mass is 269 g/mol. The molecule has 0 fully saturated rings. The van der Waals surface area contributed by atoms with Crippen LogP contribution in [0.15, 0.2) is 51.9 Å². The van der Waals surface area contributed by atoms with Crippen LogP contribution in [0.4, 0.5) is 0 Å². The number of carbonyl (C=O) groups excluding carboxylic acids is 1. The molecule has 2 N–H and O–H groups in total. The molecule has 3 aromatic rings. The summed E-state index contributed by atoms with van der Waals surface area (Å²) >= 11 is 0. The fourth-order valence-corrected chi connectivity index (χ4v) is 1.87. The maximum absolute atomic E-state index is 12.0. The number of para-hydroxylation sites is 1. The van der Waals surface area contributed by atoms with Crippen LogP contribution in [-0.4, -0.2) is 15.9 Å². The fraction of sp³-hybridized carbons (Fsp3) is 0.0714. The van der Waals surface area contributed by atoms with E-state index in [2.05, 4.69) is 15.3 Å². The van der Waals surface area contributed by atoms with Crippen molar-refractivity contribution in [3.8, 4) is 0 Å². The summed E-state index contributed by atoms with van der Waals surface area (Å²) in [6.07, 6.45) is 3.25. The number of aromatic nitrogens is 2. The summed E-state index contributed by atoms with van der Waals surface area (Å²) in [4.78, 5) is 30.6. The second-order valence-electron chi connectivity index (χ2n) is 4.20. The van der Waals surface area contributed by atoms with Crippen LogP contribution >= 0.6 is 0 Å². The highest BCUT2D eigenvalue weighted by molar-refractivity contribution is 5.96. The lowest BCUT2D eigenvalue weighted by molar-refractivity contribution is 0.0946. The number of fused-ring (bicyclic) bond motifs is 1. The Bertz CT molecular complexity index is 806. The second kappa shape index (κ2) is 5.00. The molecule has 0 aliphatic heterocycles. The number of amides is 1. The van der Waals surface area contributed by atoms with E-state index < -0.39 is 11.5 Å². The van der Waals surface area contributed by atoms with E-state index >= 15 is 0 Å². The van der Waals surface area contributed by atoms with Crippen molar-refractivity contribution in [2.45, 2.75) is 6.54 Å². The predicted octanol–water partition coefficient (Wildman–Crippen LogP) is 1.45. The lowest BCUT2D eigenvalue weighted by atomic mass is 10.2. The number of carbonyl (C=O) groups is 1. The van der Waals surface area contributed by atoms with Gasteiger partial charge in [0.25, 0.3) is 5.91 Å². The third kappa shape index (κ3) is 2.31. The van der Waals surface area contributed by atoms with Crippen molar-refractivity contribution in [2.75, 3.05) is 0 Å². The SMILES string of the molecule is O=C(NCc1ncc[nH]1)c1cc2ccccc2oc1=O. The molecule has 0 saturated carbocycles. The fourth-order valence-electron chi connectivity index (χ4n) is 1.87. The Balaban J connectivity index is 1.87. The van der Waals surface area contributed by atoms with E-state index in [1.165, 1.54) is 6.07 Å². The topological polar surface area (TPSA) is 88.0 Å². The van der Waals surface area contributed by atoms with Gasteiger partial charge in [0.15, 0.2) is 0 Å². The molecule has 3 rings (SSSR count). The molecule has 0 saturated heterocycles. The quantitative estimate of drug-likeness (QED) is 0.704. The molecule has 0 radical (unpaired) electrons. The zero-order valence-electron chi connectivity index (χ0n) is 10.4. The number of nitrogens with zero attached hydrogens (tertiary/aromatic N) is 1. The highest BCUT2D eigenvalue weighted by Crippen LogP contribution is 2.12. The summed E-state index contributed by atoms with van der Waals surface area (Å²) in [5.74, 6) is 0.129. The van der Waals surface area contributed by atoms with Crippen LogP contribution in [0.2, 0.25) is 0 Å². The third-order valence-electron chi connectivity index (χ3n) is 2.86. The van der Waals surface area contributed by atoms with Gasteiger partial charge >= 0.3 is 5.63 Å². The maximum atomic E-state index is 12.0. The Hall–Kier alpha value is -2.89. The Morgan fingerprint density at radius 2 is 2.20 bits per heavy atom. The van der Waals surface area contributed by atoms with E-state index in [9.17, 15) is 9.59 Å². The van der Waals surface area contributed by atoms with Crippen molar-refractivity contribution in [2.24, 2.45) is 0 Å². The molecule has 100 valence electrons. The summed E-state index contributed by atoms with van der Waals surface area (Å²) < 4.78 is 5.11. The number of hydrogen-bond acceptors (Lipinski definition) is 4. The minimum absolute atomic E-state index is 0.0183. The number of rotatable bonds is 3. The molecule has 1 amide bonds. The Morgan fingerprint density at radius 1 is 1.35 bits per heavy atom. The van der Waals surface area contributed by atoms with Gasteiger partial charge in [0, 0.05) is 17.8 Å². The molecule has 6 nitrogen and oxygen atoms in total. The summed E-state index contributed by atoms with van der Waals surface area (Å²) in [5, 5.41) is 3.32. The van der Waals surface area contributed by atoms with Crippen molar-refractivity contribution in [1.82, 2.24) is 15.3 Å². The molecule has 20 heavy (non-hydrogen) atoms. The van der Waals surface area contributed by atoms with Gasteiger partial charge in [-0.25, -0.2) is 9.78 Å². The summed E-state index contributed by atoms with van der Waals surface area (Å²) in [5.41, 5.74) is -0.212. The summed E-state index contributed by atoms with van der Waals surface area (Å²) in [7, 11) is 0. The largest absolute Gasteiger partial charge is 0.422 e. The molecule has 6 heteroatoms. The van der Waals surface area contributed by atoms with Crippen LogP contribution < -0.4 is 10.9 Å². The molecule has 0 unspecified atom stereocenters. The number of aromatic amines is 1. The Morgan fingerprint density at radius 3 is 3.00 bits per heavy atom. The van der Waals surface area contributed by atoms with Crippen molar-refractivity contribution < 1.29 is 9.21 Å². The molecular formula is C14H11N3O3.